The molecule has 13 rings (SSSR count). The molecule has 4 nitrogen and oxygen atoms in total. The summed E-state index contributed by atoms with van der Waals surface area (Å²) >= 11 is 0. The second-order valence-corrected chi connectivity index (χ2v) is 19.1. The number of hydrogen-bond acceptors (Lipinski definition) is 2. The Hall–Kier alpha value is -7.14. The van der Waals surface area contributed by atoms with E-state index in [0.717, 1.165) is 77.5 Å². The van der Waals surface area contributed by atoms with Gasteiger partial charge in [0.1, 0.15) is 12.1 Å². The molecule has 5 aliphatic rings. The number of rotatable bonds is 2. The molecule has 0 fully saturated rings. The lowest BCUT2D eigenvalue weighted by atomic mass is 9.74. The van der Waals surface area contributed by atoms with Crippen molar-refractivity contribution in [3.63, 3.8) is 0 Å². The highest BCUT2D eigenvalue weighted by molar-refractivity contribution is 6.14. The Morgan fingerprint density at radius 2 is 1.26 bits per heavy atom. The molecule has 62 heavy (non-hydrogen) atoms. The maximum absolute atomic E-state index is 11.4. The first kappa shape index (κ1) is 35.6. The van der Waals surface area contributed by atoms with Crippen molar-refractivity contribution in [3.8, 4) is 34.6 Å². The zero-order valence-electron chi connectivity index (χ0n) is 35.6. The summed E-state index contributed by atoms with van der Waals surface area (Å²) in [5.41, 5.74) is 21.6. The van der Waals surface area contributed by atoms with Crippen LogP contribution >= 0.6 is 0 Å². The van der Waals surface area contributed by atoms with Gasteiger partial charge in [-0.3, -0.25) is 0 Å². The van der Waals surface area contributed by atoms with Crippen LogP contribution in [0.25, 0.3) is 77.6 Å². The van der Waals surface area contributed by atoms with Gasteiger partial charge < -0.3 is 9.13 Å². The van der Waals surface area contributed by atoms with Gasteiger partial charge in [0, 0.05) is 32.7 Å². The molecule has 5 aliphatic carbocycles. The van der Waals surface area contributed by atoms with Crippen LogP contribution in [-0.2, 0) is 17.3 Å². The van der Waals surface area contributed by atoms with Gasteiger partial charge in [-0.1, -0.05) is 130 Å². The molecular weight excluding hydrogens is 753 g/mol. The summed E-state index contributed by atoms with van der Waals surface area (Å²) in [6.45, 7) is 9.52. The van der Waals surface area contributed by atoms with E-state index in [1.165, 1.54) is 82.8 Å². The van der Waals surface area contributed by atoms with E-state index in [1.807, 2.05) is 12.1 Å². The molecule has 4 heteroatoms. The Morgan fingerprint density at radius 3 is 2.08 bits per heavy atom. The van der Waals surface area contributed by atoms with E-state index in [-0.39, 0.29) is 10.8 Å². The maximum Gasteiger partial charge on any atom is 0.101 e. The summed E-state index contributed by atoms with van der Waals surface area (Å²) in [6.07, 6.45) is 15.4. The standard InChI is InChI=1S/C58H44N4/c1-57(2)45-27-21-33-13-5-7-15-37(33)51(45)43-25-23-41-39-17-9-11-19-47(39)61(55(41)53(43)57)49-29-36(32-60)50(30-35(49)31-59)62-48-20-12-10-18-40(48)42-24-26-44-52-38-16-8-6-14-34(38)22-28-46(52)58(3,4)54(44)56(42)62/h5-7,10-15,18-21,23-27,29-30H,8-9,16-17,22,28H2,1-4H3. The van der Waals surface area contributed by atoms with Gasteiger partial charge in [0.25, 0.3) is 0 Å². The monoisotopic (exact) mass is 796 g/mol. The van der Waals surface area contributed by atoms with Gasteiger partial charge in [0.15, 0.2) is 0 Å². The number of allylic oxidation sites excluding steroid dienone is 7. The van der Waals surface area contributed by atoms with Crippen molar-refractivity contribution in [3.05, 3.63) is 177 Å². The molecule has 0 amide bonds. The number of nitrogens with zero attached hydrogens (tertiary/aromatic N) is 4. The quantitative estimate of drug-likeness (QED) is 0.175. The number of benzene rings is 6. The van der Waals surface area contributed by atoms with Gasteiger partial charge in [-0.2, -0.15) is 10.5 Å². The van der Waals surface area contributed by atoms with Gasteiger partial charge in [-0.25, -0.2) is 0 Å². The highest BCUT2D eigenvalue weighted by atomic mass is 15.0. The first-order valence-electron chi connectivity index (χ1n) is 22.3. The lowest BCUT2D eigenvalue weighted by molar-refractivity contribution is 0.605. The molecule has 0 saturated heterocycles. The molecule has 2 heterocycles. The minimum absolute atomic E-state index is 0.216. The molecule has 0 saturated carbocycles. The Morgan fingerprint density at radius 1 is 0.581 bits per heavy atom. The van der Waals surface area contributed by atoms with Crippen LogP contribution in [0.5, 0.6) is 0 Å². The third-order valence-electron chi connectivity index (χ3n) is 15.4. The Labute approximate surface area is 361 Å². The van der Waals surface area contributed by atoms with Crippen LogP contribution in [0.15, 0.2) is 132 Å². The smallest absolute Gasteiger partial charge is 0.101 e. The van der Waals surface area contributed by atoms with E-state index in [2.05, 4.69) is 158 Å². The second kappa shape index (κ2) is 12.2. The Kier molecular flexibility index (Phi) is 7.03. The van der Waals surface area contributed by atoms with E-state index in [1.54, 1.807) is 0 Å². The van der Waals surface area contributed by atoms with Crippen LogP contribution in [0, 0.1) is 22.7 Å². The van der Waals surface area contributed by atoms with E-state index >= 15 is 0 Å². The van der Waals surface area contributed by atoms with Crippen LogP contribution in [0.2, 0.25) is 0 Å². The molecule has 0 radical (unpaired) electrons. The molecular formula is C58H44N4. The lowest BCUT2D eigenvalue weighted by Gasteiger charge is -2.30. The van der Waals surface area contributed by atoms with Crippen molar-refractivity contribution in [1.29, 1.82) is 10.5 Å². The third-order valence-corrected chi connectivity index (χ3v) is 15.4. The fourth-order valence-corrected chi connectivity index (χ4v) is 12.8. The van der Waals surface area contributed by atoms with Crippen molar-refractivity contribution in [2.75, 3.05) is 0 Å². The number of aryl methyl sites for hydroxylation is 1. The average Bonchev–Trinajstić information content (AvgIpc) is 3.97. The molecule has 0 bridgehead atoms. The molecule has 2 aromatic heterocycles. The number of nitriles is 2. The summed E-state index contributed by atoms with van der Waals surface area (Å²) in [4.78, 5) is 0. The SMILES string of the molecule is CC1(C)C2=C(C3=C(C=CCC3)CC2)c2ccc3c4ccccc4n(-c4cc(C#N)c(-n5c6c(c7ccc8c(c75)C(C)(C)c5ccc7ccccc7c5-8)CCC=C6)cc4C#N)c3c21. The van der Waals surface area contributed by atoms with Crippen LogP contribution < -0.4 is 0 Å². The van der Waals surface area contributed by atoms with E-state index in [9.17, 15) is 10.5 Å². The number of fused-ring (bicyclic) bond motifs is 16. The molecule has 296 valence electrons. The van der Waals surface area contributed by atoms with Gasteiger partial charge in [0.05, 0.1) is 39.1 Å². The zero-order chi connectivity index (χ0) is 41.8. The van der Waals surface area contributed by atoms with Gasteiger partial charge in [-0.05, 0) is 129 Å². The summed E-state index contributed by atoms with van der Waals surface area (Å²) < 4.78 is 4.67. The van der Waals surface area contributed by atoms with E-state index < -0.39 is 0 Å². The normalized spacial score (nSPS) is 17.6. The first-order chi connectivity index (χ1) is 30.2. The number of aromatic nitrogens is 2. The largest absolute Gasteiger partial charge is 0.308 e. The summed E-state index contributed by atoms with van der Waals surface area (Å²) in [6, 6.07) is 40.6. The molecule has 0 spiro atoms. The summed E-state index contributed by atoms with van der Waals surface area (Å²) in [7, 11) is 0. The fraction of sp³-hybridized carbons (Fsp3) is 0.207. The highest BCUT2D eigenvalue weighted by Gasteiger charge is 2.44. The summed E-state index contributed by atoms with van der Waals surface area (Å²) in [5.74, 6) is 0. The maximum atomic E-state index is 11.4. The summed E-state index contributed by atoms with van der Waals surface area (Å²) in [5, 5.41) is 28.8. The predicted molar refractivity (Wildman–Crippen MR) is 254 cm³/mol. The highest BCUT2D eigenvalue weighted by Crippen LogP contribution is 2.59. The van der Waals surface area contributed by atoms with Crippen molar-refractivity contribution in [2.45, 2.75) is 77.0 Å². The van der Waals surface area contributed by atoms with Crippen molar-refractivity contribution in [2.24, 2.45) is 0 Å². The molecule has 0 unspecified atom stereocenters. The molecule has 8 aromatic rings. The average molecular weight is 797 g/mol. The Bertz CT molecular complexity index is 3640. The van der Waals surface area contributed by atoms with E-state index in [0.29, 0.717) is 11.1 Å². The molecule has 0 atom stereocenters. The number of hydrogen-bond donors (Lipinski definition) is 0. The predicted octanol–water partition coefficient (Wildman–Crippen LogP) is 14.4. The van der Waals surface area contributed by atoms with Crippen molar-refractivity contribution >= 4 is 55.1 Å². The van der Waals surface area contributed by atoms with Crippen molar-refractivity contribution in [1.82, 2.24) is 9.13 Å². The second-order valence-electron chi connectivity index (χ2n) is 19.1. The fourth-order valence-electron chi connectivity index (χ4n) is 12.8. The van der Waals surface area contributed by atoms with Gasteiger partial charge in [-0.15, -0.1) is 0 Å². The topological polar surface area (TPSA) is 57.4 Å². The van der Waals surface area contributed by atoms with Crippen LogP contribution in [0.3, 0.4) is 0 Å². The minimum Gasteiger partial charge on any atom is -0.308 e. The van der Waals surface area contributed by atoms with Crippen LogP contribution in [-0.4, -0.2) is 9.13 Å². The van der Waals surface area contributed by atoms with Crippen LogP contribution in [0.4, 0.5) is 0 Å². The minimum atomic E-state index is -0.310. The molecule has 0 N–H and O–H groups in total. The van der Waals surface area contributed by atoms with Gasteiger partial charge in [0.2, 0.25) is 0 Å². The third kappa shape index (κ3) is 4.35. The molecule has 0 aliphatic heterocycles. The zero-order valence-corrected chi connectivity index (χ0v) is 35.6. The van der Waals surface area contributed by atoms with E-state index in [4.69, 9.17) is 0 Å². The first-order valence-corrected chi connectivity index (χ1v) is 22.3. The van der Waals surface area contributed by atoms with Crippen LogP contribution in [0.1, 0.15) is 104 Å². The van der Waals surface area contributed by atoms with Gasteiger partial charge >= 0.3 is 0 Å². The number of para-hydroxylation sites is 1. The molecule has 6 aromatic carbocycles. The Balaban J connectivity index is 1.10. The lowest BCUT2D eigenvalue weighted by Crippen LogP contribution is -2.20. The van der Waals surface area contributed by atoms with Crippen molar-refractivity contribution < 1.29 is 0 Å².